The Hall–Kier alpha value is -1.37. The third kappa shape index (κ3) is 2.59. The van der Waals surface area contributed by atoms with Gasteiger partial charge in [0.05, 0.1) is 0 Å². The standard InChI is InChI=1S/C14H17N3O2S/c1-20-11-5-3-10(4-6-11)12-16-13(19-17-12)14(18)7-2-8-15-9-14/h3-6,15,18H,2,7-9H2,1H3. The van der Waals surface area contributed by atoms with Gasteiger partial charge in [0, 0.05) is 17.0 Å². The molecule has 1 aromatic heterocycles. The number of nitrogens with zero attached hydrogens (tertiary/aromatic N) is 2. The molecule has 3 rings (SSSR count). The van der Waals surface area contributed by atoms with Crippen LogP contribution in [0.2, 0.25) is 0 Å². The molecule has 2 N–H and O–H groups in total. The van der Waals surface area contributed by atoms with Crippen LogP contribution in [0, 0.1) is 0 Å². The maximum atomic E-state index is 10.5. The highest BCUT2D eigenvalue weighted by Crippen LogP contribution is 2.29. The van der Waals surface area contributed by atoms with Crippen molar-refractivity contribution < 1.29 is 9.63 Å². The van der Waals surface area contributed by atoms with Crippen LogP contribution in [0.5, 0.6) is 0 Å². The molecular formula is C14H17N3O2S. The van der Waals surface area contributed by atoms with E-state index in [0.717, 1.165) is 18.5 Å². The Morgan fingerprint density at radius 1 is 1.35 bits per heavy atom. The first-order chi connectivity index (χ1) is 9.71. The van der Waals surface area contributed by atoms with Crippen LogP contribution in [0.4, 0.5) is 0 Å². The fraction of sp³-hybridized carbons (Fsp3) is 0.429. The van der Waals surface area contributed by atoms with E-state index in [4.69, 9.17) is 4.52 Å². The van der Waals surface area contributed by atoms with Crippen molar-refractivity contribution in [2.75, 3.05) is 19.3 Å². The average Bonchev–Trinajstić information content (AvgIpc) is 2.99. The fourth-order valence-electron chi connectivity index (χ4n) is 2.34. The minimum atomic E-state index is -1.04. The number of hydrogen-bond donors (Lipinski definition) is 2. The molecular weight excluding hydrogens is 274 g/mol. The zero-order valence-corrected chi connectivity index (χ0v) is 12.1. The summed E-state index contributed by atoms with van der Waals surface area (Å²) in [6.07, 6.45) is 3.58. The molecule has 1 saturated heterocycles. The van der Waals surface area contributed by atoms with Gasteiger partial charge in [-0.05, 0) is 49.9 Å². The highest BCUT2D eigenvalue weighted by molar-refractivity contribution is 7.98. The summed E-state index contributed by atoms with van der Waals surface area (Å²) in [5, 5.41) is 17.7. The van der Waals surface area contributed by atoms with E-state index in [2.05, 4.69) is 15.5 Å². The van der Waals surface area contributed by atoms with Gasteiger partial charge in [0.25, 0.3) is 5.89 Å². The van der Waals surface area contributed by atoms with Crippen molar-refractivity contribution in [3.63, 3.8) is 0 Å². The maximum absolute atomic E-state index is 10.5. The molecule has 1 atom stereocenters. The van der Waals surface area contributed by atoms with Crippen molar-refractivity contribution in [2.24, 2.45) is 0 Å². The molecule has 1 fully saturated rings. The van der Waals surface area contributed by atoms with Crippen LogP contribution in [0.15, 0.2) is 33.7 Å². The number of hydrogen-bond acceptors (Lipinski definition) is 6. The summed E-state index contributed by atoms with van der Waals surface area (Å²) in [6, 6.07) is 7.97. The number of nitrogens with one attached hydrogen (secondary N) is 1. The average molecular weight is 291 g/mol. The smallest absolute Gasteiger partial charge is 0.260 e. The first-order valence-corrected chi connectivity index (χ1v) is 7.85. The van der Waals surface area contributed by atoms with Gasteiger partial charge in [-0.25, -0.2) is 0 Å². The van der Waals surface area contributed by atoms with E-state index >= 15 is 0 Å². The molecule has 1 aliphatic heterocycles. The van der Waals surface area contributed by atoms with Crippen LogP contribution >= 0.6 is 11.8 Å². The Labute approximate surface area is 121 Å². The molecule has 0 aliphatic carbocycles. The highest BCUT2D eigenvalue weighted by Gasteiger charge is 2.37. The van der Waals surface area contributed by atoms with E-state index in [9.17, 15) is 5.11 Å². The zero-order valence-electron chi connectivity index (χ0n) is 11.3. The van der Waals surface area contributed by atoms with Gasteiger partial charge >= 0.3 is 0 Å². The summed E-state index contributed by atoms with van der Waals surface area (Å²) >= 11 is 1.69. The van der Waals surface area contributed by atoms with Crippen LogP contribution < -0.4 is 5.32 Å². The normalized spacial score (nSPS) is 22.9. The number of aliphatic hydroxyl groups is 1. The molecule has 5 nitrogen and oxygen atoms in total. The van der Waals surface area contributed by atoms with Crippen LogP contribution in [0.1, 0.15) is 18.7 Å². The molecule has 0 saturated carbocycles. The third-order valence-electron chi connectivity index (χ3n) is 3.53. The Bertz CT molecular complexity index is 576. The molecule has 0 radical (unpaired) electrons. The van der Waals surface area contributed by atoms with Gasteiger partial charge < -0.3 is 14.9 Å². The summed E-state index contributed by atoms with van der Waals surface area (Å²) in [4.78, 5) is 5.54. The maximum Gasteiger partial charge on any atom is 0.260 e. The molecule has 2 heterocycles. The van der Waals surface area contributed by atoms with Crippen LogP contribution in [0.25, 0.3) is 11.4 Å². The Balaban J connectivity index is 1.85. The first kappa shape index (κ1) is 13.6. The van der Waals surface area contributed by atoms with Crippen molar-refractivity contribution in [1.29, 1.82) is 0 Å². The van der Waals surface area contributed by atoms with Crippen molar-refractivity contribution in [2.45, 2.75) is 23.3 Å². The van der Waals surface area contributed by atoms with Gasteiger partial charge in [-0.15, -0.1) is 11.8 Å². The number of thioether (sulfide) groups is 1. The molecule has 1 aliphatic rings. The number of rotatable bonds is 3. The van der Waals surface area contributed by atoms with Crippen LogP contribution in [0.3, 0.4) is 0 Å². The van der Waals surface area contributed by atoms with E-state index < -0.39 is 5.60 Å². The predicted octanol–water partition coefficient (Wildman–Crippen LogP) is 2.03. The molecule has 106 valence electrons. The number of aromatic nitrogens is 2. The lowest BCUT2D eigenvalue weighted by atomic mass is 9.94. The van der Waals surface area contributed by atoms with Crippen LogP contribution in [-0.4, -0.2) is 34.6 Å². The number of piperidine rings is 1. The fourth-order valence-corrected chi connectivity index (χ4v) is 2.75. The number of benzene rings is 1. The highest BCUT2D eigenvalue weighted by atomic mass is 32.2. The van der Waals surface area contributed by atoms with Crippen molar-refractivity contribution in [3.8, 4) is 11.4 Å². The minimum Gasteiger partial charge on any atom is -0.379 e. The third-order valence-corrected chi connectivity index (χ3v) is 4.28. The van der Waals surface area contributed by atoms with E-state index in [-0.39, 0.29) is 0 Å². The largest absolute Gasteiger partial charge is 0.379 e. The van der Waals surface area contributed by atoms with Gasteiger partial charge in [0.2, 0.25) is 5.82 Å². The van der Waals surface area contributed by atoms with Crippen LogP contribution in [-0.2, 0) is 5.60 Å². The van der Waals surface area contributed by atoms with Crippen molar-refractivity contribution in [3.05, 3.63) is 30.2 Å². The lowest BCUT2D eigenvalue weighted by Gasteiger charge is -2.28. The molecule has 0 bridgehead atoms. The van der Waals surface area contributed by atoms with Crippen molar-refractivity contribution in [1.82, 2.24) is 15.5 Å². The van der Waals surface area contributed by atoms with Gasteiger partial charge in [0.15, 0.2) is 5.60 Å². The predicted molar refractivity (Wildman–Crippen MR) is 77.5 cm³/mol. The van der Waals surface area contributed by atoms with Crippen molar-refractivity contribution >= 4 is 11.8 Å². The monoisotopic (exact) mass is 291 g/mol. The second kappa shape index (κ2) is 5.55. The molecule has 20 heavy (non-hydrogen) atoms. The SMILES string of the molecule is CSc1ccc(-c2noc(C3(O)CCCNC3)n2)cc1. The van der Waals surface area contributed by atoms with E-state index in [1.807, 2.05) is 30.5 Å². The second-order valence-corrected chi connectivity index (χ2v) is 5.84. The Kier molecular flexibility index (Phi) is 3.78. The topological polar surface area (TPSA) is 71.2 Å². The Morgan fingerprint density at radius 3 is 2.80 bits per heavy atom. The zero-order chi connectivity index (χ0) is 14.0. The molecule has 2 aromatic rings. The summed E-state index contributed by atoms with van der Waals surface area (Å²) in [5.41, 5.74) is -0.145. The first-order valence-electron chi connectivity index (χ1n) is 6.63. The lowest BCUT2D eigenvalue weighted by molar-refractivity contribution is -0.0167. The number of β-amino-alcohol motifs (C(OH)–C–C–N with tert-alkyl or cyclic N) is 1. The lowest BCUT2D eigenvalue weighted by Crippen LogP contribution is -2.43. The summed E-state index contributed by atoms with van der Waals surface area (Å²) in [5.74, 6) is 0.820. The van der Waals surface area contributed by atoms with Gasteiger partial charge in [-0.3, -0.25) is 0 Å². The Morgan fingerprint density at radius 2 is 2.15 bits per heavy atom. The molecule has 1 unspecified atom stereocenters. The van der Waals surface area contributed by atoms with Gasteiger partial charge in [-0.1, -0.05) is 5.16 Å². The van der Waals surface area contributed by atoms with E-state index in [1.165, 1.54) is 4.90 Å². The minimum absolute atomic E-state index is 0.300. The molecule has 0 amide bonds. The quantitative estimate of drug-likeness (QED) is 0.843. The second-order valence-electron chi connectivity index (χ2n) is 4.96. The molecule has 6 heteroatoms. The summed E-state index contributed by atoms with van der Waals surface area (Å²) < 4.78 is 5.26. The van der Waals surface area contributed by atoms with Gasteiger partial charge in [0.1, 0.15) is 0 Å². The summed E-state index contributed by atoms with van der Waals surface area (Å²) in [7, 11) is 0. The molecule has 1 aromatic carbocycles. The van der Waals surface area contributed by atoms with Gasteiger partial charge in [-0.2, -0.15) is 4.98 Å². The summed E-state index contributed by atoms with van der Waals surface area (Å²) in [6.45, 7) is 1.37. The molecule has 0 spiro atoms. The van der Waals surface area contributed by atoms with E-state index in [0.29, 0.717) is 24.7 Å². The van der Waals surface area contributed by atoms with E-state index in [1.54, 1.807) is 11.8 Å².